The lowest BCUT2D eigenvalue weighted by atomic mass is 10.2. The summed E-state index contributed by atoms with van der Waals surface area (Å²) in [6.07, 6.45) is 4.35. The maximum Gasteiger partial charge on any atom is 0.283 e. The molecule has 0 aliphatic carbocycles. The van der Waals surface area contributed by atoms with Gasteiger partial charge in [-0.25, -0.2) is 5.43 Å². The van der Waals surface area contributed by atoms with Crippen LogP contribution in [0.1, 0.15) is 15.9 Å². The molecule has 0 aliphatic rings. The summed E-state index contributed by atoms with van der Waals surface area (Å²) in [7, 11) is 0. The Hall–Kier alpha value is -3.23. The summed E-state index contributed by atoms with van der Waals surface area (Å²) in [6.45, 7) is 0. The highest BCUT2D eigenvalue weighted by Gasteiger charge is 2.15. The summed E-state index contributed by atoms with van der Waals surface area (Å²) in [6, 6.07) is 14.9. The zero-order chi connectivity index (χ0) is 19.9. The van der Waals surface area contributed by atoms with Gasteiger partial charge in [-0.15, -0.1) is 0 Å². The molecule has 0 aliphatic heterocycles. The topological polar surface area (TPSA) is 97.5 Å². The number of carbonyl (C=O) groups is 1. The molecule has 7 nitrogen and oxygen atoms in total. The lowest BCUT2D eigenvalue weighted by Crippen LogP contribution is -2.17. The molecule has 1 amide bonds. The molecule has 9 heteroatoms. The number of nitrogens with zero attached hydrogens (tertiary/aromatic N) is 3. The molecule has 0 unspecified atom stereocenters. The van der Waals surface area contributed by atoms with Gasteiger partial charge in [0.1, 0.15) is 0 Å². The van der Waals surface area contributed by atoms with Crippen molar-refractivity contribution < 1.29 is 9.72 Å². The van der Waals surface area contributed by atoms with Crippen LogP contribution in [0, 0.1) is 10.1 Å². The number of nitro benzene ring substituents is 1. The number of hydrogen-bond acceptors (Lipinski definition) is 6. The third kappa shape index (κ3) is 5.15. The molecule has 0 spiro atoms. The number of amides is 1. The van der Waals surface area contributed by atoms with Crippen LogP contribution >= 0.6 is 23.4 Å². The van der Waals surface area contributed by atoms with Crippen LogP contribution in [-0.4, -0.2) is 22.0 Å². The Kier molecular flexibility index (Phi) is 6.36. The largest absolute Gasteiger partial charge is 0.283 e. The predicted molar refractivity (Wildman–Crippen MR) is 108 cm³/mol. The van der Waals surface area contributed by atoms with E-state index in [9.17, 15) is 14.9 Å². The molecule has 28 heavy (non-hydrogen) atoms. The summed E-state index contributed by atoms with van der Waals surface area (Å²) >= 11 is 7.13. The lowest BCUT2D eigenvalue weighted by molar-refractivity contribution is -0.387. The zero-order valence-corrected chi connectivity index (χ0v) is 15.9. The molecule has 0 saturated heterocycles. The Morgan fingerprint density at radius 3 is 2.54 bits per heavy atom. The molecule has 1 aromatic heterocycles. The van der Waals surface area contributed by atoms with Crippen molar-refractivity contribution in [3.05, 3.63) is 93.3 Å². The Balaban J connectivity index is 1.74. The van der Waals surface area contributed by atoms with E-state index >= 15 is 0 Å². The predicted octanol–water partition coefficient (Wildman–Crippen LogP) is 4.56. The number of carbonyl (C=O) groups excluding carboxylic acids is 1. The SMILES string of the molecule is O=C(N/N=C\c1ccc(Sc2ccc(Cl)cc2)c([N+](=O)[O-])c1)c1ccncc1. The van der Waals surface area contributed by atoms with Gasteiger partial charge in [0.05, 0.1) is 16.0 Å². The van der Waals surface area contributed by atoms with Crippen molar-refractivity contribution in [2.45, 2.75) is 9.79 Å². The molecule has 1 heterocycles. The van der Waals surface area contributed by atoms with Crippen molar-refractivity contribution in [1.82, 2.24) is 10.4 Å². The van der Waals surface area contributed by atoms with Gasteiger partial charge in [0.2, 0.25) is 0 Å². The molecule has 3 rings (SSSR count). The van der Waals surface area contributed by atoms with E-state index in [4.69, 9.17) is 11.6 Å². The maximum absolute atomic E-state index is 11.9. The normalized spacial score (nSPS) is 10.8. The fourth-order valence-electron chi connectivity index (χ4n) is 2.21. The summed E-state index contributed by atoms with van der Waals surface area (Å²) in [4.78, 5) is 28.1. The minimum absolute atomic E-state index is 0.0515. The van der Waals surface area contributed by atoms with E-state index in [-0.39, 0.29) is 5.69 Å². The number of pyridine rings is 1. The van der Waals surface area contributed by atoms with E-state index in [2.05, 4.69) is 15.5 Å². The lowest BCUT2D eigenvalue weighted by Gasteiger charge is -2.04. The van der Waals surface area contributed by atoms with Crippen molar-refractivity contribution in [3.8, 4) is 0 Å². The third-order valence-corrected chi connectivity index (χ3v) is 4.87. The van der Waals surface area contributed by atoms with E-state index in [0.29, 0.717) is 21.0 Å². The van der Waals surface area contributed by atoms with Crippen molar-refractivity contribution >= 4 is 41.2 Å². The highest BCUT2D eigenvalue weighted by atomic mass is 35.5. The molecule has 2 aromatic carbocycles. The van der Waals surface area contributed by atoms with Gasteiger partial charge in [0, 0.05) is 39.5 Å². The maximum atomic E-state index is 11.9. The zero-order valence-electron chi connectivity index (χ0n) is 14.3. The molecule has 0 bridgehead atoms. The van der Waals surface area contributed by atoms with Gasteiger partial charge in [0.25, 0.3) is 11.6 Å². The molecule has 0 radical (unpaired) electrons. The van der Waals surface area contributed by atoms with Crippen LogP contribution in [-0.2, 0) is 0 Å². The van der Waals surface area contributed by atoms with Crippen molar-refractivity contribution in [2.75, 3.05) is 0 Å². The van der Waals surface area contributed by atoms with Crippen molar-refractivity contribution in [2.24, 2.45) is 5.10 Å². The first kappa shape index (κ1) is 19.5. The van der Waals surface area contributed by atoms with E-state index < -0.39 is 10.8 Å². The van der Waals surface area contributed by atoms with Crippen LogP contribution < -0.4 is 5.43 Å². The Bertz CT molecular complexity index is 1030. The molecular formula is C19H13ClN4O3S. The fourth-order valence-corrected chi connectivity index (χ4v) is 3.23. The van der Waals surface area contributed by atoms with Gasteiger partial charge in [-0.3, -0.25) is 19.9 Å². The Labute approximate surface area is 169 Å². The molecule has 3 aromatic rings. The molecule has 0 saturated carbocycles. The van der Waals surface area contributed by atoms with Crippen molar-refractivity contribution in [1.29, 1.82) is 0 Å². The molecule has 1 N–H and O–H groups in total. The van der Waals surface area contributed by atoms with E-state index in [1.54, 1.807) is 48.5 Å². The first-order valence-corrected chi connectivity index (χ1v) is 9.17. The van der Waals surface area contributed by atoms with Crippen LogP contribution in [0.4, 0.5) is 5.69 Å². The number of hydrazone groups is 1. The minimum Gasteiger partial charge on any atom is -0.267 e. The summed E-state index contributed by atoms with van der Waals surface area (Å²) in [5.41, 5.74) is 3.22. The highest BCUT2D eigenvalue weighted by Crippen LogP contribution is 2.35. The van der Waals surface area contributed by atoms with Crippen LogP contribution in [0.3, 0.4) is 0 Å². The standard InChI is InChI=1S/C19H13ClN4O3S/c20-15-2-4-16(5-3-15)28-18-6-1-13(11-17(18)24(26)27)12-22-23-19(25)14-7-9-21-10-8-14/h1-12H,(H,23,25)/b22-12-. The van der Waals surface area contributed by atoms with Crippen LogP contribution in [0.2, 0.25) is 5.02 Å². The fraction of sp³-hybridized carbons (Fsp3) is 0. The first-order valence-electron chi connectivity index (χ1n) is 7.98. The monoisotopic (exact) mass is 412 g/mol. The van der Waals surface area contributed by atoms with Crippen molar-refractivity contribution in [3.63, 3.8) is 0 Å². The Morgan fingerprint density at radius 1 is 1.14 bits per heavy atom. The first-order chi connectivity index (χ1) is 13.5. The number of nitrogens with one attached hydrogen (secondary N) is 1. The molecular weight excluding hydrogens is 400 g/mol. The van der Waals surface area contributed by atoms with Gasteiger partial charge in [0.15, 0.2) is 0 Å². The van der Waals surface area contributed by atoms with E-state index in [1.165, 1.54) is 36.4 Å². The second-order valence-electron chi connectivity index (χ2n) is 5.48. The van der Waals surface area contributed by atoms with Gasteiger partial charge in [-0.2, -0.15) is 5.10 Å². The van der Waals surface area contributed by atoms with E-state index in [0.717, 1.165) is 4.90 Å². The van der Waals surface area contributed by atoms with Gasteiger partial charge < -0.3 is 0 Å². The number of halogens is 1. The summed E-state index contributed by atoms with van der Waals surface area (Å²) < 4.78 is 0. The number of aromatic nitrogens is 1. The third-order valence-electron chi connectivity index (χ3n) is 3.54. The second-order valence-corrected chi connectivity index (χ2v) is 7.03. The average Bonchev–Trinajstić information content (AvgIpc) is 2.71. The summed E-state index contributed by atoms with van der Waals surface area (Å²) in [5.74, 6) is -0.400. The van der Waals surface area contributed by atoms with Crippen LogP contribution in [0.5, 0.6) is 0 Å². The number of benzene rings is 2. The van der Waals surface area contributed by atoms with Gasteiger partial charge >= 0.3 is 0 Å². The molecule has 140 valence electrons. The number of hydrogen-bond donors (Lipinski definition) is 1. The number of rotatable bonds is 6. The summed E-state index contributed by atoms with van der Waals surface area (Å²) in [5, 5.41) is 15.9. The van der Waals surface area contributed by atoms with E-state index in [1.807, 2.05) is 0 Å². The second kappa shape index (κ2) is 9.12. The molecule has 0 fully saturated rings. The minimum atomic E-state index is -0.453. The van der Waals surface area contributed by atoms with Crippen LogP contribution in [0.15, 0.2) is 81.9 Å². The number of nitro groups is 1. The smallest absolute Gasteiger partial charge is 0.267 e. The Morgan fingerprint density at radius 2 is 1.86 bits per heavy atom. The quantitative estimate of drug-likeness (QED) is 0.363. The van der Waals surface area contributed by atoms with Gasteiger partial charge in [-0.05, 0) is 42.5 Å². The molecule has 0 atom stereocenters. The van der Waals surface area contributed by atoms with Crippen LogP contribution in [0.25, 0.3) is 0 Å². The van der Waals surface area contributed by atoms with Gasteiger partial charge in [-0.1, -0.05) is 29.4 Å². The average molecular weight is 413 g/mol. The highest BCUT2D eigenvalue weighted by molar-refractivity contribution is 7.99.